The summed E-state index contributed by atoms with van der Waals surface area (Å²) in [4.78, 5) is 4.21. The van der Waals surface area contributed by atoms with Crippen LogP contribution in [0.1, 0.15) is 65.1 Å². The van der Waals surface area contributed by atoms with E-state index >= 15 is 0 Å². The zero-order chi connectivity index (χ0) is 14.8. The largest absolute Gasteiger partial charge is 0.389 e. The van der Waals surface area contributed by atoms with Gasteiger partial charge < -0.3 is 15.0 Å². The van der Waals surface area contributed by atoms with Crippen molar-refractivity contribution in [2.24, 2.45) is 5.41 Å². The van der Waals surface area contributed by atoms with Crippen molar-refractivity contribution >= 4 is 0 Å². The van der Waals surface area contributed by atoms with Crippen LogP contribution in [-0.2, 0) is 6.54 Å². The van der Waals surface area contributed by atoms with Crippen LogP contribution in [-0.4, -0.2) is 26.8 Å². The molecule has 4 heteroatoms. The molecule has 0 spiro atoms. The fraction of sp³-hybridized carbons (Fsp3) is 0.812. The predicted octanol–water partition coefficient (Wildman–Crippen LogP) is 2.88. The van der Waals surface area contributed by atoms with Crippen molar-refractivity contribution in [3.63, 3.8) is 0 Å². The van der Waals surface area contributed by atoms with Gasteiger partial charge in [-0.1, -0.05) is 13.8 Å². The van der Waals surface area contributed by atoms with Crippen molar-refractivity contribution in [2.45, 2.75) is 71.6 Å². The van der Waals surface area contributed by atoms with Gasteiger partial charge in [-0.3, -0.25) is 0 Å². The first kappa shape index (κ1) is 15.5. The summed E-state index contributed by atoms with van der Waals surface area (Å²) in [5.74, 6) is 0. The first-order valence-electron chi connectivity index (χ1n) is 7.75. The average molecular weight is 279 g/mol. The highest BCUT2D eigenvalue weighted by atomic mass is 16.3. The third-order valence-electron chi connectivity index (χ3n) is 4.60. The number of nitrogens with one attached hydrogen (secondary N) is 1. The normalized spacial score (nSPS) is 21.3. The minimum atomic E-state index is -0.530. The Morgan fingerprint density at radius 1 is 1.30 bits per heavy atom. The second-order valence-corrected chi connectivity index (χ2v) is 7.38. The predicted molar refractivity (Wildman–Crippen MR) is 81.5 cm³/mol. The molecule has 1 aromatic rings. The van der Waals surface area contributed by atoms with E-state index in [9.17, 15) is 5.11 Å². The van der Waals surface area contributed by atoms with E-state index in [0.717, 1.165) is 32.2 Å². The quantitative estimate of drug-likeness (QED) is 0.871. The number of aromatic nitrogens is 2. The van der Waals surface area contributed by atoms with Crippen LogP contribution in [0.15, 0.2) is 12.5 Å². The summed E-state index contributed by atoms with van der Waals surface area (Å²) >= 11 is 0. The van der Waals surface area contributed by atoms with Crippen LogP contribution in [0.2, 0.25) is 0 Å². The van der Waals surface area contributed by atoms with Crippen molar-refractivity contribution in [2.75, 3.05) is 6.54 Å². The molecule has 0 unspecified atom stereocenters. The molecule has 1 aromatic heterocycles. The third kappa shape index (κ3) is 3.83. The zero-order valence-corrected chi connectivity index (χ0v) is 13.3. The lowest BCUT2D eigenvalue weighted by molar-refractivity contribution is -0.0246. The van der Waals surface area contributed by atoms with E-state index in [4.69, 9.17) is 0 Å². The van der Waals surface area contributed by atoms with Gasteiger partial charge in [0.15, 0.2) is 0 Å². The molecule has 1 aliphatic rings. The second-order valence-electron chi connectivity index (χ2n) is 7.38. The number of nitrogens with zero attached hydrogens (tertiary/aromatic N) is 2. The summed E-state index contributed by atoms with van der Waals surface area (Å²) in [5, 5.41) is 14.0. The molecule has 114 valence electrons. The van der Waals surface area contributed by atoms with Crippen molar-refractivity contribution < 1.29 is 5.11 Å². The molecule has 0 saturated heterocycles. The Hall–Kier alpha value is -0.870. The molecule has 0 radical (unpaired) electrons. The molecule has 0 bridgehead atoms. The van der Waals surface area contributed by atoms with E-state index in [1.54, 1.807) is 0 Å². The molecule has 1 aliphatic carbocycles. The van der Waals surface area contributed by atoms with Crippen molar-refractivity contribution in [1.29, 1.82) is 0 Å². The second kappa shape index (κ2) is 5.86. The molecule has 0 aromatic carbocycles. The molecular formula is C16H29N3O. The Morgan fingerprint density at radius 3 is 2.55 bits per heavy atom. The van der Waals surface area contributed by atoms with Crippen LogP contribution in [0.25, 0.3) is 0 Å². The molecule has 0 amide bonds. The maximum atomic E-state index is 10.6. The van der Waals surface area contributed by atoms with Crippen LogP contribution >= 0.6 is 0 Å². The number of aliphatic hydroxyl groups is 1. The topological polar surface area (TPSA) is 50.1 Å². The van der Waals surface area contributed by atoms with Gasteiger partial charge in [-0.15, -0.1) is 0 Å². The van der Waals surface area contributed by atoms with Gasteiger partial charge in [-0.2, -0.15) is 0 Å². The van der Waals surface area contributed by atoms with E-state index in [-0.39, 0.29) is 0 Å². The van der Waals surface area contributed by atoms with E-state index in [1.165, 1.54) is 5.69 Å². The summed E-state index contributed by atoms with van der Waals surface area (Å²) in [7, 11) is 0. The molecule has 0 aliphatic heterocycles. The van der Waals surface area contributed by atoms with Gasteiger partial charge in [0.25, 0.3) is 0 Å². The fourth-order valence-corrected chi connectivity index (χ4v) is 2.93. The van der Waals surface area contributed by atoms with Crippen molar-refractivity contribution in [3.8, 4) is 0 Å². The summed E-state index contributed by atoms with van der Waals surface area (Å²) in [6.07, 6.45) is 7.79. The van der Waals surface area contributed by atoms with E-state index < -0.39 is 5.60 Å². The first-order valence-corrected chi connectivity index (χ1v) is 7.75. The van der Waals surface area contributed by atoms with Gasteiger partial charge >= 0.3 is 0 Å². The maximum absolute atomic E-state index is 10.6. The van der Waals surface area contributed by atoms with Gasteiger partial charge in [0.05, 0.1) is 17.6 Å². The number of imidazole rings is 1. The lowest BCUT2D eigenvalue weighted by atomic mass is 9.71. The highest BCUT2D eigenvalue weighted by Gasteiger charge is 2.36. The van der Waals surface area contributed by atoms with Gasteiger partial charge in [0.1, 0.15) is 0 Å². The van der Waals surface area contributed by atoms with Crippen LogP contribution in [0, 0.1) is 5.41 Å². The van der Waals surface area contributed by atoms with E-state index in [0.29, 0.717) is 18.0 Å². The molecule has 1 saturated carbocycles. The van der Waals surface area contributed by atoms with Crippen molar-refractivity contribution in [1.82, 2.24) is 14.9 Å². The number of hydrogen-bond acceptors (Lipinski definition) is 3. The Bertz CT molecular complexity index is 427. The standard InChI is InChI=1S/C16H29N3O/c1-13(2)19-12-18-10-14(19)9-17-11-16(20)7-5-15(3,4)6-8-16/h10,12-13,17,20H,5-9,11H2,1-4H3. The van der Waals surface area contributed by atoms with Crippen molar-refractivity contribution in [3.05, 3.63) is 18.2 Å². The minimum Gasteiger partial charge on any atom is -0.389 e. The highest BCUT2D eigenvalue weighted by Crippen LogP contribution is 2.39. The van der Waals surface area contributed by atoms with Gasteiger partial charge in [0.2, 0.25) is 0 Å². The average Bonchev–Trinajstić information content (AvgIpc) is 2.82. The van der Waals surface area contributed by atoms with E-state index in [2.05, 4.69) is 42.6 Å². The van der Waals surface area contributed by atoms with Crippen LogP contribution < -0.4 is 5.32 Å². The molecule has 20 heavy (non-hydrogen) atoms. The zero-order valence-electron chi connectivity index (χ0n) is 13.3. The lowest BCUT2D eigenvalue weighted by Crippen LogP contribution is -2.45. The summed E-state index contributed by atoms with van der Waals surface area (Å²) in [5.41, 5.74) is 1.04. The Labute approximate surface area is 122 Å². The SMILES string of the molecule is CC(C)n1cncc1CNCC1(O)CCC(C)(C)CC1. The Morgan fingerprint density at radius 2 is 1.95 bits per heavy atom. The monoisotopic (exact) mass is 279 g/mol. The Kier molecular flexibility index (Phi) is 4.55. The number of rotatable bonds is 5. The summed E-state index contributed by atoms with van der Waals surface area (Å²) in [6, 6.07) is 0.424. The Balaban J connectivity index is 1.82. The molecular weight excluding hydrogens is 250 g/mol. The van der Waals surface area contributed by atoms with E-state index in [1.807, 2.05) is 12.5 Å². The molecule has 1 fully saturated rings. The van der Waals surface area contributed by atoms with Crippen LogP contribution in [0.5, 0.6) is 0 Å². The fourth-order valence-electron chi connectivity index (χ4n) is 2.93. The van der Waals surface area contributed by atoms with Gasteiger partial charge in [0, 0.05) is 25.3 Å². The minimum absolute atomic E-state index is 0.391. The summed E-state index contributed by atoms with van der Waals surface area (Å²) in [6.45, 7) is 10.3. The van der Waals surface area contributed by atoms with Gasteiger partial charge in [-0.05, 0) is 44.9 Å². The molecule has 4 nitrogen and oxygen atoms in total. The smallest absolute Gasteiger partial charge is 0.0951 e. The van der Waals surface area contributed by atoms with Crippen LogP contribution in [0.4, 0.5) is 0 Å². The van der Waals surface area contributed by atoms with Crippen LogP contribution in [0.3, 0.4) is 0 Å². The summed E-state index contributed by atoms with van der Waals surface area (Å²) < 4.78 is 2.17. The molecule has 2 rings (SSSR count). The first-order chi connectivity index (χ1) is 9.31. The molecule has 1 heterocycles. The third-order valence-corrected chi connectivity index (χ3v) is 4.60. The highest BCUT2D eigenvalue weighted by molar-refractivity contribution is 5.00. The lowest BCUT2D eigenvalue weighted by Gasteiger charge is -2.40. The van der Waals surface area contributed by atoms with Gasteiger partial charge in [-0.25, -0.2) is 4.98 Å². The number of hydrogen-bond donors (Lipinski definition) is 2. The maximum Gasteiger partial charge on any atom is 0.0951 e. The molecule has 0 atom stereocenters. The molecule has 2 N–H and O–H groups in total.